The van der Waals surface area contributed by atoms with E-state index in [0.29, 0.717) is 5.41 Å². The van der Waals surface area contributed by atoms with Gasteiger partial charge in [0, 0.05) is 32.7 Å². The molecule has 0 aliphatic carbocycles. The molecule has 1 radical (unpaired) electrons. The Kier molecular flexibility index (Phi) is 17.2. The van der Waals surface area contributed by atoms with Crippen molar-refractivity contribution in [2.45, 2.75) is 75.7 Å². The van der Waals surface area contributed by atoms with Crippen molar-refractivity contribution in [2.24, 2.45) is 16.2 Å². The van der Waals surface area contributed by atoms with E-state index in [1.54, 1.807) is 0 Å². The van der Waals surface area contributed by atoms with Crippen molar-refractivity contribution >= 4 is 0 Å². The molecule has 0 spiro atoms. The third-order valence-electron chi connectivity index (χ3n) is 1.06. The van der Waals surface area contributed by atoms with Crippen LogP contribution in [-0.2, 0) is 32.7 Å². The predicted octanol–water partition coefficient (Wildman–Crippen LogP) is 6.17. The number of hydrogen-bond donors (Lipinski definition) is 0. The maximum atomic E-state index is 3.77. The van der Waals surface area contributed by atoms with Crippen LogP contribution in [0.25, 0.3) is 0 Å². The van der Waals surface area contributed by atoms with Gasteiger partial charge in [0.15, 0.2) is 0 Å². The molecule has 0 aromatic rings. The van der Waals surface area contributed by atoms with Gasteiger partial charge in [-0.25, -0.2) is 0 Å². The van der Waals surface area contributed by atoms with Crippen LogP contribution in [0.3, 0.4) is 0 Å². The van der Waals surface area contributed by atoms with Gasteiger partial charge in [-0.05, 0) is 5.41 Å². The van der Waals surface area contributed by atoms with E-state index >= 15 is 0 Å². The van der Waals surface area contributed by atoms with Crippen LogP contribution in [0.1, 0.15) is 75.7 Å². The summed E-state index contributed by atoms with van der Waals surface area (Å²) in [6.45, 7) is 28.9. The zero-order chi connectivity index (χ0) is 14.2. The SMILES string of the molecule is CCC(C)(C)C.[CH2-]C(C)(C)C.[CH2-]C(C)(C)C.[Y]. The van der Waals surface area contributed by atoms with Crippen LogP contribution >= 0.6 is 0 Å². The Morgan fingerprint density at radius 1 is 0.647 bits per heavy atom. The summed E-state index contributed by atoms with van der Waals surface area (Å²) in [6, 6.07) is 0. The number of hydrogen-bond acceptors (Lipinski definition) is 0. The fourth-order valence-corrected chi connectivity index (χ4v) is 0. The van der Waals surface area contributed by atoms with Gasteiger partial charge in [-0.1, -0.05) is 75.7 Å². The molecule has 0 aromatic heterocycles. The summed E-state index contributed by atoms with van der Waals surface area (Å²) in [6.07, 6.45) is 1.27. The molecule has 0 atom stereocenters. The first-order valence-electron chi connectivity index (χ1n) is 6.27. The maximum Gasteiger partial charge on any atom is 0 e. The van der Waals surface area contributed by atoms with Crippen LogP contribution in [0.4, 0.5) is 0 Å². The second-order valence-electron chi connectivity index (χ2n) is 8.04. The summed E-state index contributed by atoms with van der Waals surface area (Å²) in [4.78, 5) is 0. The Morgan fingerprint density at radius 3 is 0.706 bits per heavy atom. The number of rotatable bonds is 0. The van der Waals surface area contributed by atoms with Gasteiger partial charge in [-0.15, -0.1) is 0 Å². The minimum atomic E-state index is 0. The molecule has 0 heterocycles. The van der Waals surface area contributed by atoms with Crippen molar-refractivity contribution in [1.29, 1.82) is 0 Å². The normalized spacial score (nSPS) is 11.3. The molecule has 0 aromatic carbocycles. The first kappa shape index (κ1) is 26.6. The molecular formula is C16H36Y-2. The van der Waals surface area contributed by atoms with Gasteiger partial charge in [-0.2, -0.15) is 10.8 Å². The standard InChI is InChI=1S/C6H14.2C5H11.Y/c1-5-6(2,3)4;2*1-5(2,3)4;/h5H2,1-4H3;2*1H2,2-4H3;/q;2*-1;. The molecule has 0 saturated heterocycles. The Balaban J connectivity index is -0.0000000729. The molecule has 17 heavy (non-hydrogen) atoms. The smallest absolute Gasteiger partial charge is 0 e. The third-order valence-corrected chi connectivity index (χ3v) is 1.06. The Bertz CT molecular complexity index is 114. The van der Waals surface area contributed by atoms with E-state index in [9.17, 15) is 0 Å². The molecule has 0 amide bonds. The van der Waals surface area contributed by atoms with Crippen LogP contribution < -0.4 is 0 Å². The van der Waals surface area contributed by atoms with E-state index in [2.05, 4.69) is 83.1 Å². The Hall–Kier alpha value is 1.10. The van der Waals surface area contributed by atoms with Crippen molar-refractivity contribution in [3.8, 4) is 0 Å². The van der Waals surface area contributed by atoms with Crippen LogP contribution in [-0.4, -0.2) is 0 Å². The van der Waals surface area contributed by atoms with E-state index < -0.39 is 0 Å². The van der Waals surface area contributed by atoms with Gasteiger partial charge in [0.25, 0.3) is 0 Å². The average Bonchev–Trinajstić information content (AvgIpc) is 1.77. The van der Waals surface area contributed by atoms with Crippen LogP contribution in [0.5, 0.6) is 0 Å². The molecule has 0 unspecified atom stereocenters. The van der Waals surface area contributed by atoms with Crippen LogP contribution in [0.2, 0.25) is 0 Å². The molecule has 105 valence electrons. The minimum absolute atomic E-state index is 0. The Morgan fingerprint density at radius 2 is 0.706 bits per heavy atom. The molecule has 0 rings (SSSR count). The Labute approximate surface area is 138 Å². The molecule has 0 N–H and O–H groups in total. The summed E-state index contributed by atoms with van der Waals surface area (Å²) in [7, 11) is 0. The summed E-state index contributed by atoms with van der Waals surface area (Å²) in [5.41, 5.74) is 1.04. The van der Waals surface area contributed by atoms with Crippen molar-refractivity contribution in [3.63, 3.8) is 0 Å². The molecular weight excluding hydrogens is 281 g/mol. The molecule has 0 nitrogen and oxygen atoms in total. The van der Waals surface area contributed by atoms with Gasteiger partial charge in [0.1, 0.15) is 0 Å². The van der Waals surface area contributed by atoms with Crippen molar-refractivity contribution in [2.75, 3.05) is 0 Å². The molecule has 0 bridgehead atoms. The van der Waals surface area contributed by atoms with Crippen LogP contribution in [0.15, 0.2) is 0 Å². The summed E-state index contributed by atoms with van der Waals surface area (Å²) in [5.74, 6) is 0. The molecule has 0 fully saturated rings. The quantitative estimate of drug-likeness (QED) is 0.468. The third kappa shape index (κ3) is 232. The van der Waals surface area contributed by atoms with E-state index in [0.717, 1.165) is 0 Å². The van der Waals surface area contributed by atoms with Crippen molar-refractivity contribution in [1.82, 2.24) is 0 Å². The largest absolute Gasteiger partial charge is 0.338 e. The van der Waals surface area contributed by atoms with Gasteiger partial charge in [0.05, 0.1) is 0 Å². The van der Waals surface area contributed by atoms with Gasteiger partial charge in [0.2, 0.25) is 0 Å². The molecule has 0 aliphatic heterocycles. The van der Waals surface area contributed by atoms with Gasteiger partial charge < -0.3 is 13.8 Å². The van der Waals surface area contributed by atoms with Crippen molar-refractivity contribution in [3.05, 3.63) is 13.8 Å². The first-order valence-corrected chi connectivity index (χ1v) is 6.27. The van der Waals surface area contributed by atoms with Crippen molar-refractivity contribution < 1.29 is 32.7 Å². The van der Waals surface area contributed by atoms with E-state index in [4.69, 9.17) is 0 Å². The van der Waals surface area contributed by atoms with E-state index in [1.807, 2.05) is 0 Å². The molecule has 0 saturated carbocycles. The second-order valence-corrected chi connectivity index (χ2v) is 8.04. The van der Waals surface area contributed by atoms with Gasteiger partial charge in [-0.3, -0.25) is 0 Å². The monoisotopic (exact) mass is 317 g/mol. The fourth-order valence-electron chi connectivity index (χ4n) is 0. The zero-order valence-corrected chi connectivity index (χ0v) is 17.0. The molecule has 1 heteroatoms. The summed E-state index contributed by atoms with van der Waals surface area (Å²) >= 11 is 0. The summed E-state index contributed by atoms with van der Waals surface area (Å²) in [5, 5.41) is 0. The first-order chi connectivity index (χ1) is 6.56. The topological polar surface area (TPSA) is 0 Å². The summed E-state index contributed by atoms with van der Waals surface area (Å²) < 4.78 is 0. The average molecular weight is 317 g/mol. The second kappa shape index (κ2) is 11.0. The van der Waals surface area contributed by atoms with E-state index in [-0.39, 0.29) is 43.5 Å². The predicted molar refractivity (Wildman–Crippen MR) is 79.4 cm³/mol. The fraction of sp³-hybridized carbons (Fsp3) is 0.875. The van der Waals surface area contributed by atoms with Gasteiger partial charge >= 0.3 is 0 Å². The minimum Gasteiger partial charge on any atom is -0.338 e. The van der Waals surface area contributed by atoms with Crippen LogP contribution in [0, 0.1) is 30.1 Å². The molecule has 0 aliphatic rings. The maximum absolute atomic E-state index is 3.77. The van der Waals surface area contributed by atoms with E-state index in [1.165, 1.54) is 6.42 Å². The zero-order valence-electron chi connectivity index (χ0n) is 14.2.